The number of rotatable bonds is 5. The lowest BCUT2D eigenvalue weighted by Crippen LogP contribution is -2.22. The van der Waals surface area contributed by atoms with Crippen LogP contribution in [0.15, 0.2) is 0 Å². The van der Waals surface area contributed by atoms with Crippen LogP contribution in [0.2, 0.25) is 0 Å². The van der Waals surface area contributed by atoms with Gasteiger partial charge in [0.2, 0.25) is 0 Å². The minimum Gasteiger partial charge on any atom is -0.396 e. The fourth-order valence-corrected chi connectivity index (χ4v) is 1.71. The summed E-state index contributed by atoms with van der Waals surface area (Å²) in [4.78, 5) is 0.465. The second-order valence-corrected chi connectivity index (χ2v) is 4.43. The molecule has 2 heteroatoms. The highest BCUT2D eigenvalue weighted by molar-refractivity contribution is 9.09. The van der Waals surface area contributed by atoms with Crippen LogP contribution in [0, 0.1) is 11.8 Å². The van der Waals surface area contributed by atoms with Crippen LogP contribution in [0.4, 0.5) is 0 Å². The summed E-state index contributed by atoms with van der Waals surface area (Å²) in [6, 6.07) is 0. The Balaban J connectivity index is 3.70. The molecule has 0 aromatic rings. The van der Waals surface area contributed by atoms with Crippen molar-refractivity contribution in [3.05, 3.63) is 0 Å². The maximum absolute atomic E-state index is 8.89. The Labute approximate surface area is 78.3 Å². The van der Waals surface area contributed by atoms with Gasteiger partial charge in [0, 0.05) is 11.4 Å². The van der Waals surface area contributed by atoms with Crippen LogP contribution in [0.25, 0.3) is 0 Å². The van der Waals surface area contributed by atoms with Crippen molar-refractivity contribution in [2.45, 2.75) is 38.4 Å². The first-order valence-corrected chi connectivity index (χ1v) is 5.30. The summed E-state index contributed by atoms with van der Waals surface area (Å²) in [7, 11) is 0. The topological polar surface area (TPSA) is 20.2 Å². The second-order valence-electron chi connectivity index (χ2n) is 3.37. The van der Waals surface area contributed by atoms with E-state index in [1.54, 1.807) is 0 Å². The molecule has 0 aliphatic rings. The predicted molar refractivity (Wildman–Crippen MR) is 53.0 cm³/mol. The summed E-state index contributed by atoms with van der Waals surface area (Å²) >= 11 is 3.61. The number of halogens is 1. The van der Waals surface area contributed by atoms with E-state index in [2.05, 4.69) is 36.7 Å². The van der Waals surface area contributed by atoms with E-state index >= 15 is 0 Å². The molecule has 0 amide bonds. The normalized spacial score (nSPS) is 19.4. The van der Waals surface area contributed by atoms with Crippen LogP contribution >= 0.6 is 15.9 Å². The van der Waals surface area contributed by atoms with Crippen LogP contribution < -0.4 is 0 Å². The van der Waals surface area contributed by atoms with Crippen molar-refractivity contribution in [3.8, 4) is 0 Å². The fourth-order valence-electron chi connectivity index (χ4n) is 1.28. The molecule has 1 N–H and O–H groups in total. The van der Waals surface area contributed by atoms with Gasteiger partial charge in [0.1, 0.15) is 0 Å². The number of hydrogen-bond acceptors (Lipinski definition) is 1. The van der Waals surface area contributed by atoms with Gasteiger partial charge < -0.3 is 5.11 Å². The summed E-state index contributed by atoms with van der Waals surface area (Å²) in [6.45, 7) is 6.78. The molecule has 1 nitrogen and oxygen atoms in total. The lowest BCUT2D eigenvalue weighted by atomic mass is 9.94. The highest BCUT2D eigenvalue weighted by Gasteiger charge is 2.18. The van der Waals surface area contributed by atoms with Gasteiger partial charge in [-0.05, 0) is 18.3 Å². The van der Waals surface area contributed by atoms with Crippen molar-refractivity contribution in [1.29, 1.82) is 0 Å². The van der Waals surface area contributed by atoms with Gasteiger partial charge in [-0.2, -0.15) is 0 Å². The molecular weight excluding hydrogens is 204 g/mol. The molecule has 0 heterocycles. The molecule has 0 fully saturated rings. The average Bonchev–Trinajstić information content (AvgIpc) is 2.02. The van der Waals surface area contributed by atoms with Crippen LogP contribution in [-0.2, 0) is 0 Å². The maximum Gasteiger partial charge on any atom is 0.0467 e. The zero-order valence-electron chi connectivity index (χ0n) is 7.68. The molecule has 0 aromatic heterocycles. The molecule has 0 radical (unpaired) electrons. The van der Waals surface area contributed by atoms with Gasteiger partial charge >= 0.3 is 0 Å². The van der Waals surface area contributed by atoms with E-state index in [0.29, 0.717) is 16.7 Å². The molecule has 11 heavy (non-hydrogen) atoms. The average molecular weight is 223 g/mol. The highest BCUT2D eigenvalue weighted by Crippen LogP contribution is 2.24. The fraction of sp³-hybridized carbons (Fsp3) is 1.00. The van der Waals surface area contributed by atoms with E-state index < -0.39 is 0 Å². The number of hydrogen-bond donors (Lipinski definition) is 1. The third-order valence-electron chi connectivity index (χ3n) is 2.12. The van der Waals surface area contributed by atoms with Crippen LogP contribution in [0.3, 0.4) is 0 Å². The summed E-state index contributed by atoms with van der Waals surface area (Å²) in [5.74, 6) is 1.04. The van der Waals surface area contributed by atoms with Gasteiger partial charge in [0.15, 0.2) is 0 Å². The molecule has 0 rings (SSSR count). The van der Waals surface area contributed by atoms with Crippen LogP contribution in [0.5, 0.6) is 0 Å². The summed E-state index contributed by atoms with van der Waals surface area (Å²) in [6.07, 6.45) is 2.46. The first kappa shape index (κ1) is 11.4. The molecule has 68 valence electrons. The third kappa shape index (κ3) is 4.12. The minimum atomic E-state index is 0.282. The molecule has 0 saturated carbocycles. The zero-order chi connectivity index (χ0) is 8.85. The first-order valence-electron chi connectivity index (χ1n) is 4.38. The van der Waals surface area contributed by atoms with Crippen molar-refractivity contribution in [1.82, 2.24) is 0 Å². The third-order valence-corrected chi connectivity index (χ3v) is 3.92. The standard InChI is InChI=1S/C9H19BrO/c1-4-5-7(2)9(10)8(3)6-11/h7-9,11H,4-6H2,1-3H3. The number of aliphatic hydroxyl groups is 1. The number of aliphatic hydroxyl groups excluding tert-OH is 1. The summed E-state index contributed by atoms with van der Waals surface area (Å²) < 4.78 is 0. The molecule has 3 atom stereocenters. The Bertz CT molecular complexity index is 95.6. The lowest BCUT2D eigenvalue weighted by Gasteiger charge is -2.22. The van der Waals surface area contributed by atoms with Crippen LogP contribution in [0.1, 0.15) is 33.6 Å². The predicted octanol–water partition coefficient (Wildman–Crippen LogP) is 2.81. The molecular formula is C9H19BrO. The van der Waals surface area contributed by atoms with E-state index in [0.717, 1.165) is 0 Å². The van der Waals surface area contributed by atoms with Gasteiger partial charge in [-0.1, -0.05) is 43.1 Å². The largest absolute Gasteiger partial charge is 0.396 e. The Morgan fingerprint density at radius 3 is 2.18 bits per heavy atom. The van der Waals surface area contributed by atoms with E-state index in [4.69, 9.17) is 5.11 Å². The summed E-state index contributed by atoms with van der Waals surface area (Å²) in [5, 5.41) is 8.89. The van der Waals surface area contributed by atoms with Gasteiger partial charge in [-0.25, -0.2) is 0 Å². The second kappa shape index (κ2) is 6.01. The Morgan fingerprint density at radius 2 is 1.82 bits per heavy atom. The van der Waals surface area contributed by atoms with Crippen LogP contribution in [-0.4, -0.2) is 16.5 Å². The van der Waals surface area contributed by atoms with Gasteiger partial charge in [0.05, 0.1) is 0 Å². The van der Waals surface area contributed by atoms with Crippen molar-refractivity contribution in [3.63, 3.8) is 0 Å². The zero-order valence-corrected chi connectivity index (χ0v) is 9.26. The van der Waals surface area contributed by atoms with Crippen molar-refractivity contribution >= 4 is 15.9 Å². The van der Waals surface area contributed by atoms with E-state index in [1.165, 1.54) is 12.8 Å². The number of alkyl halides is 1. The molecule has 0 aromatic carbocycles. The maximum atomic E-state index is 8.89. The molecule has 0 bridgehead atoms. The molecule has 0 aliphatic carbocycles. The Hall–Kier alpha value is 0.440. The molecule has 0 spiro atoms. The minimum absolute atomic E-state index is 0.282. The van der Waals surface area contributed by atoms with Crippen molar-refractivity contribution < 1.29 is 5.11 Å². The smallest absolute Gasteiger partial charge is 0.0467 e. The van der Waals surface area contributed by atoms with Gasteiger partial charge in [-0.15, -0.1) is 0 Å². The molecule has 0 saturated heterocycles. The van der Waals surface area contributed by atoms with E-state index in [1.807, 2.05) is 0 Å². The van der Waals surface area contributed by atoms with E-state index in [9.17, 15) is 0 Å². The quantitative estimate of drug-likeness (QED) is 0.710. The van der Waals surface area contributed by atoms with E-state index in [-0.39, 0.29) is 6.61 Å². The lowest BCUT2D eigenvalue weighted by molar-refractivity contribution is 0.220. The molecule has 0 aliphatic heterocycles. The SMILES string of the molecule is CCCC(C)C(Br)C(C)CO. The molecule has 3 unspecified atom stereocenters. The monoisotopic (exact) mass is 222 g/mol. The van der Waals surface area contributed by atoms with Gasteiger partial charge in [-0.3, -0.25) is 0 Å². The van der Waals surface area contributed by atoms with Crippen molar-refractivity contribution in [2.75, 3.05) is 6.61 Å². The Morgan fingerprint density at radius 1 is 1.27 bits per heavy atom. The first-order chi connectivity index (χ1) is 5.13. The van der Waals surface area contributed by atoms with Gasteiger partial charge in [0.25, 0.3) is 0 Å². The summed E-state index contributed by atoms with van der Waals surface area (Å²) in [5.41, 5.74) is 0. The highest BCUT2D eigenvalue weighted by atomic mass is 79.9. The Kier molecular flexibility index (Phi) is 6.25. The van der Waals surface area contributed by atoms with Crippen molar-refractivity contribution in [2.24, 2.45) is 11.8 Å².